The van der Waals surface area contributed by atoms with Gasteiger partial charge in [-0.1, -0.05) is 30.3 Å². The third-order valence-electron chi connectivity index (χ3n) is 3.76. The van der Waals surface area contributed by atoms with Gasteiger partial charge in [0, 0.05) is 6.42 Å². The number of amides is 2. The Labute approximate surface area is 163 Å². The second kappa shape index (κ2) is 10.6. The lowest BCUT2D eigenvalue weighted by Crippen LogP contribution is -2.47. The van der Waals surface area contributed by atoms with E-state index in [4.69, 9.17) is 9.47 Å². The Morgan fingerprint density at radius 2 is 1.96 bits per heavy atom. The van der Waals surface area contributed by atoms with Crippen LogP contribution in [0.2, 0.25) is 0 Å². The molecule has 0 radical (unpaired) electrons. The number of ether oxygens (including phenoxy) is 2. The molecule has 8 heteroatoms. The number of phenolic OH excluding ortho intramolecular Hbond substituents is 1. The van der Waals surface area contributed by atoms with Gasteiger partial charge < -0.3 is 19.9 Å². The number of rotatable bonds is 8. The standard InChI is InChI=1S/C20H23N3O5/c1-3-28-20(26)22-16(11-14-7-5-4-6-8-14)19(25)23-21-13-15-9-10-17(24)18(12-15)27-2/h4-10,12-13,16,24H,3,11H2,1-2H3,(H,22,26)(H,23,25)/b21-13-/t16-/m0/s1. The van der Waals surface area contributed by atoms with Gasteiger partial charge in [-0.3, -0.25) is 4.79 Å². The number of carbonyl (C=O) groups excluding carboxylic acids is 2. The Bertz CT molecular complexity index is 824. The van der Waals surface area contributed by atoms with Crippen LogP contribution in [-0.4, -0.2) is 43.1 Å². The summed E-state index contributed by atoms with van der Waals surface area (Å²) in [5.41, 5.74) is 3.91. The fourth-order valence-electron chi connectivity index (χ4n) is 2.40. The SMILES string of the molecule is CCOC(=O)N[C@@H](Cc1ccccc1)C(=O)N/N=C\c1ccc(O)c(OC)c1. The molecule has 0 fully saturated rings. The molecule has 0 saturated carbocycles. The highest BCUT2D eigenvalue weighted by atomic mass is 16.5. The number of aromatic hydroxyl groups is 1. The Kier molecular flexibility index (Phi) is 7.83. The van der Waals surface area contributed by atoms with Gasteiger partial charge >= 0.3 is 6.09 Å². The average Bonchev–Trinajstić information content (AvgIpc) is 2.69. The van der Waals surface area contributed by atoms with E-state index in [2.05, 4.69) is 15.8 Å². The molecule has 0 aliphatic heterocycles. The van der Waals surface area contributed by atoms with E-state index in [1.165, 1.54) is 19.4 Å². The van der Waals surface area contributed by atoms with Crippen molar-refractivity contribution in [1.82, 2.24) is 10.7 Å². The molecule has 2 rings (SSSR count). The second-order valence-electron chi connectivity index (χ2n) is 5.77. The fraction of sp³-hybridized carbons (Fsp3) is 0.250. The summed E-state index contributed by atoms with van der Waals surface area (Å²) in [6.07, 6.45) is 1.02. The lowest BCUT2D eigenvalue weighted by Gasteiger charge is -2.16. The molecular weight excluding hydrogens is 362 g/mol. The zero-order valence-corrected chi connectivity index (χ0v) is 15.7. The number of benzene rings is 2. The van der Waals surface area contributed by atoms with Gasteiger partial charge in [-0.15, -0.1) is 0 Å². The quantitative estimate of drug-likeness (QED) is 0.477. The molecule has 0 bridgehead atoms. The molecule has 0 saturated heterocycles. The van der Waals surface area contributed by atoms with Crippen LogP contribution >= 0.6 is 0 Å². The molecule has 0 heterocycles. The highest BCUT2D eigenvalue weighted by Crippen LogP contribution is 2.25. The van der Waals surface area contributed by atoms with Crippen molar-refractivity contribution in [1.29, 1.82) is 0 Å². The molecule has 0 aromatic heterocycles. The maximum absolute atomic E-state index is 12.5. The molecule has 8 nitrogen and oxygen atoms in total. The summed E-state index contributed by atoms with van der Waals surface area (Å²) in [6.45, 7) is 1.88. The van der Waals surface area contributed by atoms with Gasteiger partial charge in [0.15, 0.2) is 11.5 Å². The number of phenols is 1. The minimum Gasteiger partial charge on any atom is -0.504 e. The average molecular weight is 385 g/mol. The Balaban J connectivity index is 2.05. The highest BCUT2D eigenvalue weighted by molar-refractivity contribution is 5.87. The van der Waals surface area contributed by atoms with Gasteiger partial charge in [0.25, 0.3) is 5.91 Å². The number of alkyl carbamates (subject to hydrolysis) is 1. The van der Waals surface area contributed by atoms with Crippen molar-refractivity contribution in [3.8, 4) is 11.5 Å². The zero-order chi connectivity index (χ0) is 20.4. The van der Waals surface area contributed by atoms with Crippen molar-refractivity contribution in [2.75, 3.05) is 13.7 Å². The Morgan fingerprint density at radius 3 is 2.64 bits per heavy atom. The number of hydrazone groups is 1. The molecule has 2 aromatic rings. The zero-order valence-electron chi connectivity index (χ0n) is 15.7. The van der Waals surface area contributed by atoms with Crippen LogP contribution < -0.4 is 15.5 Å². The first-order valence-electron chi connectivity index (χ1n) is 8.70. The van der Waals surface area contributed by atoms with Crippen LogP contribution in [-0.2, 0) is 16.0 Å². The summed E-state index contributed by atoms with van der Waals surface area (Å²) in [4.78, 5) is 24.3. The van der Waals surface area contributed by atoms with Crippen molar-refractivity contribution in [2.45, 2.75) is 19.4 Å². The van der Waals surface area contributed by atoms with Gasteiger partial charge in [-0.25, -0.2) is 10.2 Å². The molecule has 3 N–H and O–H groups in total. The molecule has 1 atom stereocenters. The fourth-order valence-corrected chi connectivity index (χ4v) is 2.40. The van der Waals surface area contributed by atoms with Crippen LogP contribution in [0.5, 0.6) is 11.5 Å². The van der Waals surface area contributed by atoms with Gasteiger partial charge in [0.05, 0.1) is 19.9 Å². The van der Waals surface area contributed by atoms with Gasteiger partial charge in [-0.05, 0) is 36.2 Å². The van der Waals surface area contributed by atoms with Crippen molar-refractivity contribution >= 4 is 18.2 Å². The first kappa shape index (κ1) is 20.8. The van der Waals surface area contributed by atoms with Gasteiger partial charge in [-0.2, -0.15) is 5.10 Å². The predicted octanol–water partition coefficient (Wildman–Crippen LogP) is 2.21. The molecule has 2 amide bonds. The molecule has 0 aliphatic rings. The maximum atomic E-state index is 12.5. The summed E-state index contributed by atoms with van der Waals surface area (Å²) in [5, 5.41) is 16.0. The van der Waals surface area contributed by atoms with Crippen LogP contribution in [0.15, 0.2) is 53.6 Å². The van der Waals surface area contributed by atoms with Crippen LogP contribution in [0, 0.1) is 0 Å². The topological polar surface area (TPSA) is 109 Å². The first-order valence-corrected chi connectivity index (χ1v) is 8.70. The first-order chi connectivity index (χ1) is 13.5. The largest absolute Gasteiger partial charge is 0.504 e. The summed E-state index contributed by atoms with van der Waals surface area (Å²) >= 11 is 0. The van der Waals surface area contributed by atoms with Crippen LogP contribution in [0.25, 0.3) is 0 Å². The Morgan fingerprint density at radius 1 is 1.21 bits per heavy atom. The normalized spacial score (nSPS) is 11.6. The molecule has 148 valence electrons. The number of hydrogen-bond donors (Lipinski definition) is 3. The summed E-state index contributed by atoms with van der Waals surface area (Å²) < 4.78 is 9.89. The van der Waals surface area contributed by atoms with E-state index in [1.807, 2.05) is 30.3 Å². The second-order valence-corrected chi connectivity index (χ2v) is 5.77. The molecule has 0 spiro atoms. The summed E-state index contributed by atoms with van der Waals surface area (Å²) in [5.74, 6) is -0.189. The number of methoxy groups -OCH3 is 1. The lowest BCUT2D eigenvalue weighted by molar-refractivity contribution is -0.123. The minimum absolute atomic E-state index is 0.00486. The van der Waals surface area contributed by atoms with Crippen molar-refractivity contribution < 1.29 is 24.2 Å². The van der Waals surface area contributed by atoms with E-state index in [-0.39, 0.29) is 18.8 Å². The van der Waals surface area contributed by atoms with Gasteiger partial charge in [0.1, 0.15) is 6.04 Å². The van der Waals surface area contributed by atoms with E-state index in [0.29, 0.717) is 11.3 Å². The monoisotopic (exact) mass is 385 g/mol. The van der Waals surface area contributed by atoms with E-state index < -0.39 is 18.0 Å². The van der Waals surface area contributed by atoms with E-state index in [9.17, 15) is 14.7 Å². The Hall–Kier alpha value is -3.55. The van der Waals surface area contributed by atoms with Crippen molar-refractivity contribution in [3.63, 3.8) is 0 Å². The van der Waals surface area contributed by atoms with Gasteiger partial charge in [0.2, 0.25) is 0 Å². The lowest BCUT2D eigenvalue weighted by atomic mass is 10.1. The maximum Gasteiger partial charge on any atom is 0.407 e. The van der Waals surface area contributed by atoms with Crippen molar-refractivity contribution in [3.05, 3.63) is 59.7 Å². The number of nitrogens with zero attached hydrogens (tertiary/aromatic N) is 1. The molecule has 2 aromatic carbocycles. The summed E-state index contributed by atoms with van der Waals surface area (Å²) in [6, 6.07) is 13.1. The van der Waals surface area contributed by atoms with Crippen LogP contribution in [0.1, 0.15) is 18.1 Å². The predicted molar refractivity (Wildman–Crippen MR) is 104 cm³/mol. The third kappa shape index (κ3) is 6.31. The smallest absolute Gasteiger partial charge is 0.407 e. The number of hydrogen-bond acceptors (Lipinski definition) is 6. The minimum atomic E-state index is -0.854. The number of nitrogens with one attached hydrogen (secondary N) is 2. The number of carbonyl (C=O) groups is 2. The van der Waals surface area contributed by atoms with Crippen LogP contribution in [0.4, 0.5) is 4.79 Å². The van der Waals surface area contributed by atoms with E-state index in [0.717, 1.165) is 5.56 Å². The van der Waals surface area contributed by atoms with Crippen LogP contribution in [0.3, 0.4) is 0 Å². The molecule has 28 heavy (non-hydrogen) atoms. The summed E-state index contributed by atoms with van der Waals surface area (Å²) in [7, 11) is 1.44. The molecule has 0 aliphatic carbocycles. The van der Waals surface area contributed by atoms with E-state index >= 15 is 0 Å². The van der Waals surface area contributed by atoms with Crippen molar-refractivity contribution in [2.24, 2.45) is 5.10 Å². The molecular formula is C20H23N3O5. The third-order valence-corrected chi connectivity index (χ3v) is 3.76. The highest BCUT2D eigenvalue weighted by Gasteiger charge is 2.21. The van der Waals surface area contributed by atoms with E-state index in [1.54, 1.807) is 19.1 Å². The molecule has 0 unspecified atom stereocenters.